The third-order valence-electron chi connectivity index (χ3n) is 3.40. The number of carbonyl (C=O) groups excluding carboxylic acids is 1. The van der Waals surface area contributed by atoms with Crippen LogP contribution in [0.4, 0.5) is 5.69 Å². The smallest absolute Gasteiger partial charge is 0.313 e. The van der Waals surface area contributed by atoms with Gasteiger partial charge in [0.05, 0.1) is 4.92 Å². The molecule has 0 heterocycles. The van der Waals surface area contributed by atoms with Gasteiger partial charge in [-0.15, -0.1) is 0 Å². The van der Waals surface area contributed by atoms with Crippen molar-refractivity contribution in [1.29, 1.82) is 0 Å². The van der Waals surface area contributed by atoms with Gasteiger partial charge in [-0.05, 0) is 36.6 Å². The van der Waals surface area contributed by atoms with Crippen LogP contribution in [0.25, 0.3) is 0 Å². The second kappa shape index (κ2) is 7.89. The molecule has 0 aliphatic heterocycles. The minimum absolute atomic E-state index is 0.0889. The zero-order valence-corrected chi connectivity index (χ0v) is 14.4. The Morgan fingerprint density at radius 3 is 2.12 bits per heavy atom. The lowest BCUT2D eigenvalue weighted by atomic mass is 10.1. The Hall–Kier alpha value is -2.74. The van der Waals surface area contributed by atoms with Crippen molar-refractivity contribution in [1.82, 2.24) is 0 Å². The number of benzene rings is 2. The number of non-ortho nitro benzene ring substituents is 1. The molecule has 2 aromatic carbocycles. The first-order valence-electron chi connectivity index (χ1n) is 7.49. The molecule has 25 heavy (non-hydrogen) atoms. The summed E-state index contributed by atoms with van der Waals surface area (Å²) < 4.78 is 29.2. The highest BCUT2D eigenvalue weighted by atomic mass is 32.2. The molecular formula is C17H17NO6S. The average Bonchev–Trinajstić information content (AvgIpc) is 2.54. The summed E-state index contributed by atoms with van der Waals surface area (Å²) in [5.41, 5.74) is 1.20. The molecule has 0 amide bonds. The van der Waals surface area contributed by atoms with Crippen molar-refractivity contribution in [3.63, 3.8) is 0 Å². The van der Waals surface area contributed by atoms with Crippen LogP contribution in [0.3, 0.4) is 0 Å². The van der Waals surface area contributed by atoms with Gasteiger partial charge in [-0.2, -0.15) is 8.42 Å². The monoisotopic (exact) mass is 363 g/mol. The Kier molecular flexibility index (Phi) is 5.87. The minimum atomic E-state index is -3.88. The van der Waals surface area contributed by atoms with Crippen molar-refractivity contribution in [3.05, 3.63) is 69.8 Å². The molecule has 0 saturated heterocycles. The Balaban J connectivity index is 2.00. The second-order valence-electron chi connectivity index (χ2n) is 5.55. The van der Waals surface area contributed by atoms with Crippen LogP contribution < -0.4 is 4.18 Å². The van der Waals surface area contributed by atoms with E-state index < -0.39 is 20.8 Å². The Bertz CT molecular complexity index is 857. The summed E-state index contributed by atoms with van der Waals surface area (Å²) in [6, 6.07) is 11.7. The van der Waals surface area contributed by atoms with Crippen LogP contribution in [0.1, 0.15) is 24.5 Å². The molecule has 7 nitrogen and oxygen atoms in total. The van der Waals surface area contributed by atoms with Crippen molar-refractivity contribution >= 4 is 21.6 Å². The Morgan fingerprint density at radius 1 is 1.04 bits per heavy atom. The summed E-state index contributed by atoms with van der Waals surface area (Å²) in [7, 11) is -3.88. The largest absolute Gasteiger partial charge is 0.382 e. The van der Waals surface area contributed by atoms with E-state index in [2.05, 4.69) is 0 Å². The lowest BCUT2D eigenvalue weighted by molar-refractivity contribution is -0.384. The van der Waals surface area contributed by atoms with Crippen LogP contribution in [0.15, 0.2) is 48.5 Å². The van der Waals surface area contributed by atoms with Crippen molar-refractivity contribution in [3.8, 4) is 5.75 Å². The molecular weight excluding hydrogens is 346 g/mol. The molecule has 0 aliphatic carbocycles. The maximum Gasteiger partial charge on any atom is 0.313 e. The fourth-order valence-corrected chi connectivity index (χ4v) is 3.19. The molecule has 0 unspecified atom stereocenters. The first kappa shape index (κ1) is 18.6. The zero-order valence-electron chi connectivity index (χ0n) is 13.5. The maximum absolute atomic E-state index is 12.1. The van der Waals surface area contributed by atoms with Crippen molar-refractivity contribution in [2.24, 2.45) is 0 Å². The first-order chi connectivity index (χ1) is 11.7. The van der Waals surface area contributed by atoms with E-state index in [-0.39, 0.29) is 17.2 Å². The standard InChI is InChI=1S/C17H17NO6S/c1-13(19)2-3-14-6-10-17(11-7-14)24-25(22,23)12-15-4-8-16(9-5-15)18(20)21/h4-11H,2-3,12H2,1H3. The van der Waals surface area contributed by atoms with E-state index in [1.165, 1.54) is 43.3 Å². The van der Waals surface area contributed by atoms with Gasteiger partial charge in [0.1, 0.15) is 17.3 Å². The minimum Gasteiger partial charge on any atom is -0.382 e. The van der Waals surface area contributed by atoms with E-state index >= 15 is 0 Å². The predicted molar refractivity (Wildman–Crippen MR) is 91.8 cm³/mol. The van der Waals surface area contributed by atoms with Crippen LogP contribution in [-0.4, -0.2) is 19.1 Å². The molecule has 0 bridgehead atoms. The summed E-state index contributed by atoms with van der Waals surface area (Å²) in [6.45, 7) is 1.52. The van der Waals surface area contributed by atoms with Gasteiger partial charge < -0.3 is 8.98 Å². The fraction of sp³-hybridized carbons (Fsp3) is 0.235. The lowest BCUT2D eigenvalue weighted by Gasteiger charge is -2.08. The van der Waals surface area contributed by atoms with Gasteiger partial charge in [0.25, 0.3) is 5.69 Å². The van der Waals surface area contributed by atoms with Crippen LogP contribution in [0, 0.1) is 10.1 Å². The molecule has 0 fully saturated rings. The molecule has 8 heteroatoms. The molecule has 132 valence electrons. The fourth-order valence-electron chi connectivity index (χ4n) is 2.13. The van der Waals surface area contributed by atoms with Gasteiger partial charge in [-0.3, -0.25) is 10.1 Å². The van der Waals surface area contributed by atoms with E-state index in [1.54, 1.807) is 12.1 Å². The first-order valence-corrected chi connectivity index (χ1v) is 9.07. The number of Topliss-reactive ketones (excluding diaryl/α,β-unsaturated/α-hetero) is 1. The van der Waals surface area contributed by atoms with E-state index in [9.17, 15) is 23.3 Å². The molecule has 0 N–H and O–H groups in total. The van der Waals surface area contributed by atoms with Gasteiger partial charge in [-0.25, -0.2) is 0 Å². The van der Waals surface area contributed by atoms with Crippen LogP contribution in [0.5, 0.6) is 5.75 Å². The number of hydrogen-bond acceptors (Lipinski definition) is 6. The van der Waals surface area contributed by atoms with Crippen molar-refractivity contribution in [2.75, 3.05) is 0 Å². The number of aryl methyl sites for hydroxylation is 1. The molecule has 0 spiro atoms. The number of nitro groups is 1. The van der Waals surface area contributed by atoms with Gasteiger partial charge in [0, 0.05) is 18.6 Å². The quantitative estimate of drug-likeness (QED) is 0.406. The maximum atomic E-state index is 12.1. The highest BCUT2D eigenvalue weighted by molar-refractivity contribution is 7.86. The van der Waals surface area contributed by atoms with Crippen LogP contribution in [-0.2, 0) is 27.1 Å². The summed E-state index contributed by atoms with van der Waals surface area (Å²) in [6.07, 6.45) is 1.02. The number of hydrogen-bond donors (Lipinski definition) is 0. The van der Waals surface area contributed by atoms with Gasteiger partial charge in [0.2, 0.25) is 0 Å². The van der Waals surface area contributed by atoms with Crippen LogP contribution >= 0.6 is 0 Å². The van der Waals surface area contributed by atoms with Gasteiger partial charge in [-0.1, -0.05) is 24.3 Å². The molecule has 0 radical (unpaired) electrons. The SMILES string of the molecule is CC(=O)CCc1ccc(OS(=O)(=O)Cc2ccc([N+](=O)[O-])cc2)cc1. The lowest BCUT2D eigenvalue weighted by Crippen LogP contribution is -2.12. The van der Waals surface area contributed by atoms with E-state index in [4.69, 9.17) is 4.18 Å². The van der Waals surface area contributed by atoms with E-state index in [1.807, 2.05) is 0 Å². The van der Waals surface area contributed by atoms with Gasteiger partial charge in [0.15, 0.2) is 0 Å². The third-order valence-corrected chi connectivity index (χ3v) is 4.54. The summed E-state index contributed by atoms with van der Waals surface area (Å²) >= 11 is 0. The highest BCUT2D eigenvalue weighted by Gasteiger charge is 2.15. The molecule has 0 aromatic heterocycles. The van der Waals surface area contributed by atoms with Crippen molar-refractivity contribution < 1.29 is 22.3 Å². The third kappa shape index (κ3) is 6.00. The number of rotatable bonds is 8. The van der Waals surface area contributed by atoms with E-state index in [0.717, 1.165) is 5.56 Å². The Morgan fingerprint density at radius 2 is 1.60 bits per heavy atom. The average molecular weight is 363 g/mol. The van der Waals surface area contributed by atoms with E-state index in [0.29, 0.717) is 18.4 Å². The number of nitro benzene ring substituents is 1. The molecule has 2 aromatic rings. The van der Waals surface area contributed by atoms with Crippen molar-refractivity contribution in [2.45, 2.75) is 25.5 Å². The summed E-state index contributed by atoms with van der Waals surface area (Å²) in [4.78, 5) is 21.0. The van der Waals surface area contributed by atoms with Gasteiger partial charge >= 0.3 is 10.1 Å². The molecule has 0 atom stereocenters. The number of carbonyl (C=O) groups is 1. The zero-order chi connectivity index (χ0) is 18.4. The number of ketones is 1. The molecule has 2 rings (SSSR count). The predicted octanol–water partition coefficient (Wildman–Crippen LogP) is 3.03. The summed E-state index contributed by atoms with van der Waals surface area (Å²) in [5.74, 6) is -0.128. The number of nitrogens with zero attached hydrogens (tertiary/aromatic N) is 1. The topological polar surface area (TPSA) is 104 Å². The normalized spacial score (nSPS) is 11.1. The second-order valence-corrected chi connectivity index (χ2v) is 7.13. The summed E-state index contributed by atoms with van der Waals surface area (Å²) in [5, 5.41) is 10.6. The molecule has 0 aliphatic rings. The van der Waals surface area contributed by atoms with Crippen LogP contribution in [0.2, 0.25) is 0 Å². The Labute approximate surface area is 145 Å². The highest BCUT2D eigenvalue weighted by Crippen LogP contribution is 2.19. The molecule has 0 saturated carbocycles.